The van der Waals surface area contributed by atoms with Crippen LogP contribution in [0.2, 0.25) is 0 Å². The number of benzene rings is 1. The zero-order valence-corrected chi connectivity index (χ0v) is 10.6. The molecule has 0 atom stereocenters. The lowest BCUT2D eigenvalue weighted by Crippen LogP contribution is -2.05. The fourth-order valence-electron chi connectivity index (χ4n) is 1.72. The Morgan fingerprint density at radius 1 is 1.35 bits per heavy atom. The highest BCUT2D eigenvalue weighted by Crippen LogP contribution is 2.22. The van der Waals surface area contributed by atoms with Crippen LogP contribution < -0.4 is 5.32 Å². The Kier molecular flexibility index (Phi) is 3.88. The number of nitrogens with zero attached hydrogens (tertiary/aromatic N) is 2. The Morgan fingerprint density at radius 3 is 2.75 bits per heavy atom. The number of hydrogen-bond donors (Lipinski definition) is 1. The van der Waals surface area contributed by atoms with Crippen molar-refractivity contribution in [2.45, 2.75) is 13.5 Å². The molecule has 20 heavy (non-hydrogen) atoms. The summed E-state index contributed by atoms with van der Waals surface area (Å²) >= 11 is 0. The van der Waals surface area contributed by atoms with Crippen LogP contribution in [0.4, 0.5) is 20.2 Å². The minimum atomic E-state index is -1.19. The molecular formula is C13H11F2N3O2. The number of nitro benzene ring substituents is 1. The van der Waals surface area contributed by atoms with Crippen LogP contribution in [0, 0.1) is 28.7 Å². The molecule has 0 saturated heterocycles. The number of nitrogens with one attached hydrogen (secondary N) is 1. The Balaban J connectivity index is 2.24. The third-order valence-corrected chi connectivity index (χ3v) is 2.79. The zero-order valence-electron chi connectivity index (χ0n) is 10.6. The van der Waals surface area contributed by atoms with Gasteiger partial charge in [0.05, 0.1) is 16.3 Å². The van der Waals surface area contributed by atoms with Gasteiger partial charge in [-0.1, -0.05) is 0 Å². The van der Waals surface area contributed by atoms with Gasteiger partial charge < -0.3 is 5.32 Å². The highest BCUT2D eigenvalue weighted by Gasteiger charge is 2.18. The summed E-state index contributed by atoms with van der Waals surface area (Å²) in [6.07, 6.45) is 1.61. The largest absolute Gasteiger partial charge is 0.379 e. The SMILES string of the molecule is Cc1ncccc1NCc1cc([N+](=O)[O-])c(F)cc1F. The van der Waals surface area contributed by atoms with Crippen molar-refractivity contribution in [2.24, 2.45) is 0 Å². The maximum absolute atomic E-state index is 13.6. The summed E-state index contributed by atoms with van der Waals surface area (Å²) < 4.78 is 26.8. The van der Waals surface area contributed by atoms with Crippen LogP contribution in [0.3, 0.4) is 0 Å². The molecule has 1 N–H and O–H groups in total. The number of pyridine rings is 1. The molecule has 5 nitrogen and oxygen atoms in total. The van der Waals surface area contributed by atoms with Gasteiger partial charge in [0.25, 0.3) is 0 Å². The topological polar surface area (TPSA) is 68.1 Å². The first kappa shape index (κ1) is 13.9. The normalized spacial score (nSPS) is 10.3. The van der Waals surface area contributed by atoms with E-state index in [0.717, 1.165) is 6.07 Å². The Labute approximate surface area is 113 Å². The molecule has 0 aliphatic carbocycles. The van der Waals surface area contributed by atoms with Gasteiger partial charge in [0.15, 0.2) is 0 Å². The number of nitro groups is 1. The van der Waals surface area contributed by atoms with Gasteiger partial charge in [-0.3, -0.25) is 15.1 Å². The van der Waals surface area contributed by atoms with E-state index in [1.165, 1.54) is 0 Å². The number of aromatic nitrogens is 1. The predicted molar refractivity (Wildman–Crippen MR) is 69.3 cm³/mol. The van der Waals surface area contributed by atoms with E-state index < -0.39 is 22.2 Å². The summed E-state index contributed by atoms with van der Waals surface area (Å²) in [5, 5.41) is 13.5. The molecule has 0 amide bonds. The molecule has 0 unspecified atom stereocenters. The number of rotatable bonds is 4. The van der Waals surface area contributed by atoms with Crippen molar-refractivity contribution in [3.05, 3.63) is 63.5 Å². The number of aryl methyl sites for hydroxylation is 1. The Bertz CT molecular complexity index is 662. The fraction of sp³-hybridized carbons (Fsp3) is 0.154. The van der Waals surface area contributed by atoms with Crippen molar-refractivity contribution in [3.8, 4) is 0 Å². The summed E-state index contributed by atoms with van der Waals surface area (Å²) in [6.45, 7) is 1.77. The summed E-state index contributed by atoms with van der Waals surface area (Å²) in [4.78, 5) is 13.8. The van der Waals surface area contributed by atoms with Crippen molar-refractivity contribution in [1.82, 2.24) is 4.98 Å². The summed E-state index contributed by atoms with van der Waals surface area (Å²) in [7, 11) is 0. The van der Waals surface area contributed by atoms with Gasteiger partial charge in [0, 0.05) is 30.4 Å². The van der Waals surface area contributed by atoms with Crippen LogP contribution in [-0.4, -0.2) is 9.91 Å². The molecule has 1 aromatic heterocycles. The standard InChI is InChI=1S/C13H11F2N3O2/c1-8-12(3-2-4-16-8)17-7-9-5-13(18(19)20)11(15)6-10(9)14/h2-6,17H,7H2,1H3. The van der Waals surface area contributed by atoms with E-state index in [1.807, 2.05) is 0 Å². The van der Waals surface area contributed by atoms with Crippen LogP contribution in [0.15, 0.2) is 30.5 Å². The molecule has 1 heterocycles. The highest BCUT2D eigenvalue weighted by molar-refractivity contribution is 5.48. The van der Waals surface area contributed by atoms with Gasteiger partial charge in [-0.2, -0.15) is 4.39 Å². The van der Waals surface area contributed by atoms with Crippen molar-refractivity contribution >= 4 is 11.4 Å². The quantitative estimate of drug-likeness (QED) is 0.689. The lowest BCUT2D eigenvalue weighted by molar-refractivity contribution is -0.387. The minimum absolute atomic E-state index is 0.000509. The molecule has 0 radical (unpaired) electrons. The Hall–Kier alpha value is -2.57. The molecule has 1 aromatic carbocycles. The van der Waals surface area contributed by atoms with Gasteiger partial charge >= 0.3 is 5.69 Å². The molecule has 2 rings (SSSR count). The average molecular weight is 279 g/mol. The van der Waals surface area contributed by atoms with Gasteiger partial charge in [-0.25, -0.2) is 4.39 Å². The lowest BCUT2D eigenvalue weighted by atomic mass is 10.1. The average Bonchev–Trinajstić information content (AvgIpc) is 2.39. The van der Waals surface area contributed by atoms with Crippen molar-refractivity contribution < 1.29 is 13.7 Å². The molecule has 0 aliphatic rings. The first-order valence-electron chi connectivity index (χ1n) is 5.77. The molecule has 0 spiro atoms. The summed E-state index contributed by atoms with van der Waals surface area (Å²) in [5.41, 5.74) is 0.663. The van der Waals surface area contributed by atoms with E-state index in [1.54, 1.807) is 25.3 Å². The maximum Gasteiger partial charge on any atom is 0.305 e. The highest BCUT2D eigenvalue weighted by atomic mass is 19.1. The second-order valence-corrected chi connectivity index (χ2v) is 4.14. The van der Waals surface area contributed by atoms with E-state index in [4.69, 9.17) is 0 Å². The Morgan fingerprint density at radius 2 is 2.10 bits per heavy atom. The molecule has 0 aliphatic heterocycles. The minimum Gasteiger partial charge on any atom is -0.379 e. The van der Waals surface area contributed by atoms with Gasteiger partial charge in [0.2, 0.25) is 5.82 Å². The van der Waals surface area contributed by atoms with Crippen LogP contribution >= 0.6 is 0 Å². The van der Waals surface area contributed by atoms with Crippen LogP contribution in [-0.2, 0) is 6.54 Å². The van der Waals surface area contributed by atoms with E-state index >= 15 is 0 Å². The van der Waals surface area contributed by atoms with E-state index in [-0.39, 0.29) is 12.1 Å². The molecular weight excluding hydrogens is 268 g/mol. The molecule has 2 aromatic rings. The van der Waals surface area contributed by atoms with Gasteiger partial charge in [-0.15, -0.1) is 0 Å². The van der Waals surface area contributed by atoms with Crippen molar-refractivity contribution in [3.63, 3.8) is 0 Å². The molecule has 0 bridgehead atoms. The molecule has 104 valence electrons. The predicted octanol–water partition coefficient (Wildman–Crippen LogP) is 3.19. The maximum atomic E-state index is 13.6. The molecule has 0 saturated carbocycles. The smallest absolute Gasteiger partial charge is 0.305 e. The number of halogens is 2. The first-order valence-corrected chi connectivity index (χ1v) is 5.77. The third kappa shape index (κ3) is 2.87. The van der Waals surface area contributed by atoms with Crippen LogP contribution in [0.1, 0.15) is 11.3 Å². The van der Waals surface area contributed by atoms with Gasteiger partial charge in [0.1, 0.15) is 5.82 Å². The third-order valence-electron chi connectivity index (χ3n) is 2.79. The van der Waals surface area contributed by atoms with Crippen molar-refractivity contribution in [2.75, 3.05) is 5.32 Å². The van der Waals surface area contributed by atoms with Crippen LogP contribution in [0.25, 0.3) is 0 Å². The van der Waals surface area contributed by atoms with E-state index in [9.17, 15) is 18.9 Å². The zero-order chi connectivity index (χ0) is 14.7. The second kappa shape index (κ2) is 5.60. The molecule has 0 fully saturated rings. The second-order valence-electron chi connectivity index (χ2n) is 4.14. The van der Waals surface area contributed by atoms with Crippen molar-refractivity contribution in [1.29, 1.82) is 0 Å². The number of hydrogen-bond acceptors (Lipinski definition) is 4. The van der Waals surface area contributed by atoms with Gasteiger partial charge in [-0.05, 0) is 19.1 Å². The van der Waals surface area contributed by atoms with E-state index in [0.29, 0.717) is 17.4 Å². The lowest BCUT2D eigenvalue weighted by Gasteiger charge is -2.09. The monoisotopic (exact) mass is 279 g/mol. The molecule has 7 heteroatoms. The fourth-order valence-corrected chi connectivity index (χ4v) is 1.72. The van der Waals surface area contributed by atoms with Crippen LogP contribution in [0.5, 0.6) is 0 Å². The number of anilines is 1. The first-order chi connectivity index (χ1) is 9.49. The summed E-state index contributed by atoms with van der Waals surface area (Å²) in [6, 6.07) is 4.87. The summed E-state index contributed by atoms with van der Waals surface area (Å²) in [5.74, 6) is -2.02. The van der Waals surface area contributed by atoms with E-state index in [2.05, 4.69) is 10.3 Å².